The molecule has 30 heavy (non-hydrogen) atoms. The Morgan fingerprint density at radius 1 is 1.17 bits per heavy atom. The predicted molar refractivity (Wildman–Crippen MR) is 110 cm³/mol. The Balaban J connectivity index is 1.71. The lowest BCUT2D eigenvalue weighted by molar-refractivity contribution is -0.117. The van der Waals surface area contributed by atoms with Crippen molar-refractivity contribution in [2.75, 3.05) is 10.6 Å². The van der Waals surface area contributed by atoms with E-state index < -0.39 is 0 Å². The summed E-state index contributed by atoms with van der Waals surface area (Å²) in [7, 11) is 1.76. The summed E-state index contributed by atoms with van der Waals surface area (Å²) in [6, 6.07) is 3.54. The number of amides is 1. The summed E-state index contributed by atoms with van der Waals surface area (Å²) in [6.45, 7) is 5.21. The van der Waals surface area contributed by atoms with Gasteiger partial charge in [-0.05, 0) is 32.8 Å². The maximum absolute atomic E-state index is 12.1. The molecule has 0 bridgehead atoms. The molecule has 1 fully saturated rings. The molecule has 0 spiro atoms. The average molecular weight is 406 g/mol. The van der Waals surface area contributed by atoms with E-state index >= 15 is 0 Å². The number of rotatable bonds is 6. The largest absolute Gasteiger partial charge is 0.338 e. The normalized spacial score (nSPS) is 13.2. The Morgan fingerprint density at radius 3 is 2.57 bits per heavy atom. The second kappa shape index (κ2) is 7.62. The number of nitrogens with zero attached hydrogens (tertiary/aromatic N) is 6. The van der Waals surface area contributed by atoms with Crippen LogP contribution in [-0.2, 0) is 11.8 Å². The summed E-state index contributed by atoms with van der Waals surface area (Å²) < 4.78 is 0. The second-order valence-corrected chi connectivity index (χ2v) is 7.44. The van der Waals surface area contributed by atoms with E-state index in [1.807, 2.05) is 19.9 Å². The van der Waals surface area contributed by atoms with E-state index in [2.05, 4.69) is 36.0 Å². The van der Waals surface area contributed by atoms with Gasteiger partial charge in [0.2, 0.25) is 5.91 Å². The number of nitrogens with one attached hydrogen (secondary N) is 2. The van der Waals surface area contributed by atoms with Gasteiger partial charge in [-0.3, -0.25) is 9.59 Å². The lowest BCUT2D eigenvalue weighted by Gasteiger charge is -2.15. The van der Waals surface area contributed by atoms with Crippen LogP contribution in [0, 0.1) is 19.8 Å². The van der Waals surface area contributed by atoms with Crippen molar-refractivity contribution in [1.82, 2.24) is 30.2 Å². The van der Waals surface area contributed by atoms with Crippen LogP contribution in [0.4, 0.5) is 17.3 Å². The molecule has 1 amide bonds. The number of hydrogen-bond acceptors (Lipinski definition) is 8. The van der Waals surface area contributed by atoms with Crippen molar-refractivity contribution in [3.63, 3.8) is 0 Å². The van der Waals surface area contributed by atoms with Crippen molar-refractivity contribution >= 4 is 29.0 Å². The van der Waals surface area contributed by atoms with E-state index in [1.165, 1.54) is 11.7 Å². The van der Waals surface area contributed by atoms with Crippen molar-refractivity contribution in [3.05, 3.63) is 35.3 Å². The smallest absolute Gasteiger partial charge is 0.228 e. The minimum Gasteiger partial charge on any atom is -0.338 e. The molecule has 2 N–H and O–H groups in total. The summed E-state index contributed by atoms with van der Waals surface area (Å²) in [6.07, 6.45) is 3.45. The van der Waals surface area contributed by atoms with Crippen LogP contribution in [-0.4, -0.2) is 41.9 Å². The fourth-order valence-electron chi connectivity index (χ4n) is 3.10. The number of aryl methyl sites for hydroxylation is 2. The van der Waals surface area contributed by atoms with Crippen molar-refractivity contribution in [2.45, 2.75) is 33.6 Å². The molecule has 1 aliphatic carbocycles. The summed E-state index contributed by atoms with van der Waals surface area (Å²) in [5.74, 6) is 0.556. The Morgan fingerprint density at radius 2 is 1.93 bits per heavy atom. The summed E-state index contributed by atoms with van der Waals surface area (Å²) in [5.41, 5.74) is 3.82. The highest BCUT2D eigenvalue weighted by Crippen LogP contribution is 2.32. The Labute approximate surface area is 173 Å². The molecule has 0 aliphatic heterocycles. The van der Waals surface area contributed by atoms with Gasteiger partial charge >= 0.3 is 0 Å². The quantitative estimate of drug-likeness (QED) is 0.598. The molecule has 0 atom stereocenters. The zero-order valence-corrected chi connectivity index (χ0v) is 17.2. The maximum Gasteiger partial charge on any atom is 0.228 e. The van der Waals surface area contributed by atoms with Gasteiger partial charge in [0.05, 0.1) is 11.9 Å². The van der Waals surface area contributed by atoms with E-state index in [0.29, 0.717) is 17.3 Å². The van der Waals surface area contributed by atoms with Gasteiger partial charge in [-0.25, -0.2) is 4.98 Å². The predicted octanol–water partition coefficient (Wildman–Crippen LogP) is 2.58. The molecule has 3 aromatic heterocycles. The molecule has 1 saturated carbocycles. The Hall–Kier alpha value is -3.69. The summed E-state index contributed by atoms with van der Waals surface area (Å²) in [4.78, 5) is 30.2. The lowest BCUT2D eigenvalue weighted by atomic mass is 10.1. The van der Waals surface area contributed by atoms with E-state index in [0.717, 1.165) is 35.4 Å². The van der Waals surface area contributed by atoms with Crippen molar-refractivity contribution in [2.24, 2.45) is 13.0 Å². The monoisotopic (exact) mass is 406 g/mol. The number of ketones is 1. The third-order valence-electron chi connectivity index (χ3n) is 4.86. The lowest BCUT2D eigenvalue weighted by Crippen LogP contribution is -2.16. The van der Waals surface area contributed by atoms with Crippen LogP contribution in [0.2, 0.25) is 0 Å². The van der Waals surface area contributed by atoms with E-state index in [4.69, 9.17) is 0 Å². The number of Topliss-reactive ketones (excluding diaryl/α,β-unsaturated/α-hetero) is 1. The van der Waals surface area contributed by atoms with Crippen LogP contribution in [0.15, 0.2) is 18.3 Å². The van der Waals surface area contributed by atoms with Gasteiger partial charge in [0, 0.05) is 42.8 Å². The first-order chi connectivity index (χ1) is 14.3. The second-order valence-electron chi connectivity index (χ2n) is 7.44. The van der Waals surface area contributed by atoms with E-state index in [-0.39, 0.29) is 23.3 Å². The Kier molecular flexibility index (Phi) is 4.98. The van der Waals surface area contributed by atoms with E-state index in [1.54, 1.807) is 19.3 Å². The topological polar surface area (TPSA) is 128 Å². The number of anilines is 3. The van der Waals surface area contributed by atoms with Gasteiger partial charge in [-0.2, -0.15) is 15.0 Å². The van der Waals surface area contributed by atoms with Crippen molar-refractivity contribution in [1.29, 1.82) is 0 Å². The van der Waals surface area contributed by atoms with Gasteiger partial charge in [-0.1, -0.05) is 0 Å². The molecule has 0 unspecified atom stereocenters. The highest BCUT2D eigenvalue weighted by molar-refractivity contribution is 5.99. The zero-order valence-electron chi connectivity index (χ0n) is 17.2. The van der Waals surface area contributed by atoms with Crippen molar-refractivity contribution in [3.8, 4) is 11.3 Å². The van der Waals surface area contributed by atoms with E-state index in [9.17, 15) is 9.59 Å². The van der Waals surface area contributed by atoms with Crippen LogP contribution in [0.5, 0.6) is 0 Å². The fraction of sp³-hybridized carbons (Fsp3) is 0.350. The zero-order chi connectivity index (χ0) is 21.4. The molecule has 1 aliphatic rings. The average Bonchev–Trinajstić information content (AvgIpc) is 3.46. The first kappa shape index (κ1) is 19.6. The molecule has 10 heteroatoms. The number of hydrogen-bond donors (Lipinski definition) is 2. The number of carbonyl (C=O) groups excluding carboxylic acids is 2. The third-order valence-corrected chi connectivity index (χ3v) is 4.86. The van der Waals surface area contributed by atoms with Crippen LogP contribution < -0.4 is 10.6 Å². The Bertz CT molecular complexity index is 1150. The summed E-state index contributed by atoms with van der Waals surface area (Å²) in [5, 5.41) is 22.5. The molecule has 154 valence electrons. The van der Waals surface area contributed by atoms with Crippen molar-refractivity contribution < 1.29 is 9.59 Å². The SMILES string of the molecule is CC(=O)c1nnc(NC(=O)C2CC2)cc1Nc1nc(C)cc(-c2cnn(C)n2)c1C. The molecular weight excluding hydrogens is 384 g/mol. The molecule has 10 nitrogen and oxygen atoms in total. The third kappa shape index (κ3) is 4.02. The first-order valence-electron chi connectivity index (χ1n) is 9.63. The fourth-order valence-corrected chi connectivity index (χ4v) is 3.10. The molecule has 4 rings (SSSR count). The van der Waals surface area contributed by atoms with Gasteiger partial charge in [0.1, 0.15) is 11.5 Å². The van der Waals surface area contributed by atoms with Crippen LogP contribution >= 0.6 is 0 Å². The van der Waals surface area contributed by atoms with Crippen LogP contribution in [0.1, 0.15) is 41.5 Å². The maximum atomic E-state index is 12.1. The molecule has 3 aromatic rings. The molecule has 0 aromatic carbocycles. The molecule has 3 heterocycles. The van der Waals surface area contributed by atoms with Gasteiger partial charge in [0.15, 0.2) is 17.3 Å². The number of pyridine rings is 1. The number of aromatic nitrogens is 6. The summed E-state index contributed by atoms with van der Waals surface area (Å²) >= 11 is 0. The van der Waals surface area contributed by atoms with Gasteiger partial charge < -0.3 is 10.6 Å². The molecular formula is C20H22N8O2. The number of carbonyl (C=O) groups is 2. The first-order valence-corrected chi connectivity index (χ1v) is 9.63. The minimum atomic E-state index is -0.246. The van der Waals surface area contributed by atoms with Gasteiger partial charge in [0.25, 0.3) is 0 Å². The van der Waals surface area contributed by atoms with Crippen LogP contribution in [0.25, 0.3) is 11.3 Å². The molecule has 0 radical (unpaired) electrons. The highest BCUT2D eigenvalue weighted by atomic mass is 16.2. The minimum absolute atomic E-state index is 0.0333. The van der Waals surface area contributed by atoms with Crippen LogP contribution in [0.3, 0.4) is 0 Å². The standard InChI is InChI=1S/C20H22N8O2/c1-10-7-14(16-9-21-28(4)27-16)11(2)19(22-10)23-15-8-17(24-20(30)13-5-6-13)25-26-18(15)12(3)29/h7-9,13H,5-6H2,1-4H3,(H2,22,23,24,25,30). The highest BCUT2D eigenvalue weighted by Gasteiger charge is 2.30. The van der Waals surface area contributed by atoms with Gasteiger partial charge in [-0.15, -0.1) is 10.2 Å². The molecule has 0 saturated heterocycles.